The minimum absolute atomic E-state index is 0.977. The molecular weight excluding hydrogens is 164 g/mol. The quantitative estimate of drug-likeness (QED) is 0.564. The van der Waals surface area contributed by atoms with Gasteiger partial charge in [0.05, 0.1) is 17.6 Å². The highest BCUT2D eigenvalue weighted by molar-refractivity contribution is 5.62. The fraction of sp³-hybridized carbons (Fsp3) is 0.333. The standard InChI is InChI=1S/C9H14N4/c1-5-8(13(4)10-3)9-7(2)6-11-12-9/h5-6H,3H2,1-2,4H3,(H,11,12)/b8-5-. The number of hydrazone groups is 1. The van der Waals surface area contributed by atoms with Gasteiger partial charge < -0.3 is 0 Å². The van der Waals surface area contributed by atoms with Gasteiger partial charge in [-0.1, -0.05) is 6.08 Å². The molecule has 4 nitrogen and oxygen atoms in total. The van der Waals surface area contributed by atoms with Crippen LogP contribution in [0.5, 0.6) is 0 Å². The molecule has 0 saturated carbocycles. The molecule has 0 saturated heterocycles. The van der Waals surface area contributed by atoms with Gasteiger partial charge in [0.2, 0.25) is 0 Å². The Kier molecular flexibility index (Phi) is 2.84. The monoisotopic (exact) mass is 178 g/mol. The second-order valence-corrected chi connectivity index (χ2v) is 2.77. The van der Waals surface area contributed by atoms with E-state index in [4.69, 9.17) is 0 Å². The van der Waals surface area contributed by atoms with Crippen LogP contribution in [0.4, 0.5) is 0 Å². The summed E-state index contributed by atoms with van der Waals surface area (Å²) in [5.74, 6) is 0. The molecule has 0 bridgehead atoms. The number of nitrogens with one attached hydrogen (secondary N) is 1. The van der Waals surface area contributed by atoms with E-state index in [0.717, 1.165) is 17.0 Å². The van der Waals surface area contributed by atoms with E-state index in [-0.39, 0.29) is 0 Å². The van der Waals surface area contributed by atoms with Crippen molar-refractivity contribution < 1.29 is 0 Å². The molecule has 0 aliphatic carbocycles. The van der Waals surface area contributed by atoms with E-state index < -0.39 is 0 Å². The van der Waals surface area contributed by atoms with Crippen LogP contribution in [0.25, 0.3) is 5.70 Å². The minimum atomic E-state index is 0.977. The molecule has 1 N–H and O–H groups in total. The predicted molar refractivity (Wildman–Crippen MR) is 54.3 cm³/mol. The van der Waals surface area contributed by atoms with Gasteiger partial charge in [0.15, 0.2) is 0 Å². The molecule has 4 heteroatoms. The van der Waals surface area contributed by atoms with Crippen LogP contribution >= 0.6 is 0 Å². The number of nitrogens with zero attached hydrogens (tertiary/aromatic N) is 3. The predicted octanol–water partition coefficient (Wildman–Crippen LogP) is 1.63. The third kappa shape index (κ3) is 1.77. The maximum atomic E-state index is 3.95. The van der Waals surface area contributed by atoms with Crippen LogP contribution in [0.15, 0.2) is 17.4 Å². The molecule has 0 spiro atoms. The average molecular weight is 178 g/mol. The summed E-state index contributed by atoms with van der Waals surface area (Å²) in [7, 11) is 1.85. The molecule has 0 radical (unpaired) electrons. The summed E-state index contributed by atoms with van der Waals surface area (Å²) in [6, 6.07) is 0. The highest BCUT2D eigenvalue weighted by Gasteiger charge is 2.09. The van der Waals surface area contributed by atoms with Crippen LogP contribution in [-0.4, -0.2) is 29.0 Å². The highest BCUT2D eigenvalue weighted by atomic mass is 15.4. The Morgan fingerprint density at radius 2 is 2.46 bits per heavy atom. The first-order valence-electron chi connectivity index (χ1n) is 4.07. The third-order valence-corrected chi connectivity index (χ3v) is 1.92. The van der Waals surface area contributed by atoms with Gasteiger partial charge in [-0.15, -0.1) is 0 Å². The summed E-state index contributed by atoms with van der Waals surface area (Å²) >= 11 is 0. The summed E-state index contributed by atoms with van der Waals surface area (Å²) in [5, 5.41) is 12.4. The van der Waals surface area contributed by atoms with Crippen molar-refractivity contribution in [1.29, 1.82) is 0 Å². The smallest absolute Gasteiger partial charge is 0.0856 e. The molecule has 13 heavy (non-hydrogen) atoms. The lowest BCUT2D eigenvalue weighted by Gasteiger charge is -2.15. The number of hydrogen-bond donors (Lipinski definition) is 1. The molecule has 0 aliphatic rings. The molecule has 0 fully saturated rings. The van der Waals surface area contributed by atoms with Crippen molar-refractivity contribution in [2.75, 3.05) is 7.05 Å². The van der Waals surface area contributed by atoms with Gasteiger partial charge in [-0.25, -0.2) is 0 Å². The molecule has 1 rings (SSSR count). The van der Waals surface area contributed by atoms with Gasteiger partial charge in [0, 0.05) is 13.8 Å². The van der Waals surface area contributed by atoms with Crippen molar-refractivity contribution in [2.24, 2.45) is 5.10 Å². The van der Waals surface area contributed by atoms with E-state index >= 15 is 0 Å². The van der Waals surface area contributed by atoms with Crippen molar-refractivity contribution >= 4 is 12.4 Å². The zero-order valence-corrected chi connectivity index (χ0v) is 8.20. The molecule has 1 aromatic heterocycles. The number of H-pyrrole nitrogens is 1. The van der Waals surface area contributed by atoms with Gasteiger partial charge in [-0.2, -0.15) is 10.2 Å². The lowest BCUT2D eigenvalue weighted by atomic mass is 10.2. The fourth-order valence-corrected chi connectivity index (χ4v) is 1.17. The van der Waals surface area contributed by atoms with Crippen molar-refractivity contribution in [3.63, 3.8) is 0 Å². The highest BCUT2D eigenvalue weighted by Crippen LogP contribution is 2.18. The van der Waals surface area contributed by atoms with Gasteiger partial charge in [0.25, 0.3) is 0 Å². The number of rotatable bonds is 3. The van der Waals surface area contributed by atoms with Crippen LogP contribution in [-0.2, 0) is 0 Å². The second kappa shape index (κ2) is 3.89. The third-order valence-electron chi connectivity index (χ3n) is 1.92. The van der Waals surface area contributed by atoms with Crippen LogP contribution in [0.2, 0.25) is 0 Å². The van der Waals surface area contributed by atoms with E-state index in [1.54, 1.807) is 11.2 Å². The normalized spacial score (nSPS) is 11.5. The zero-order chi connectivity index (χ0) is 9.84. The Hall–Kier alpha value is -1.58. The molecule has 1 aromatic rings. The summed E-state index contributed by atoms with van der Waals surface area (Å²) in [4.78, 5) is 0. The van der Waals surface area contributed by atoms with Crippen LogP contribution in [0.3, 0.4) is 0 Å². The van der Waals surface area contributed by atoms with E-state index in [1.165, 1.54) is 0 Å². The van der Waals surface area contributed by atoms with Crippen LogP contribution in [0.1, 0.15) is 18.2 Å². The van der Waals surface area contributed by atoms with Gasteiger partial charge >= 0.3 is 0 Å². The minimum Gasteiger partial charge on any atom is -0.276 e. The first-order chi connectivity index (χ1) is 6.20. The lowest BCUT2D eigenvalue weighted by molar-refractivity contribution is 0.518. The Bertz CT molecular complexity index is 324. The van der Waals surface area contributed by atoms with Gasteiger partial charge in [0.1, 0.15) is 0 Å². The first kappa shape index (κ1) is 9.51. The number of hydrogen-bond acceptors (Lipinski definition) is 3. The topological polar surface area (TPSA) is 44.3 Å². The van der Waals surface area contributed by atoms with Gasteiger partial charge in [-0.05, 0) is 19.4 Å². The van der Waals surface area contributed by atoms with E-state index in [2.05, 4.69) is 22.0 Å². The maximum absolute atomic E-state index is 3.95. The first-order valence-corrected chi connectivity index (χ1v) is 4.07. The molecular formula is C9H14N4. The number of aromatic nitrogens is 2. The summed E-state index contributed by atoms with van der Waals surface area (Å²) in [5.41, 5.74) is 3.06. The van der Waals surface area contributed by atoms with E-state index in [0.29, 0.717) is 0 Å². The molecule has 0 aromatic carbocycles. The molecule has 1 heterocycles. The Balaban J connectivity index is 3.05. The maximum Gasteiger partial charge on any atom is 0.0856 e. The van der Waals surface area contributed by atoms with Crippen molar-refractivity contribution in [1.82, 2.24) is 15.2 Å². The summed E-state index contributed by atoms with van der Waals surface area (Å²) in [6.45, 7) is 7.42. The van der Waals surface area contributed by atoms with Crippen LogP contribution < -0.4 is 0 Å². The summed E-state index contributed by atoms with van der Waals surface area (Å²) in [6.07, 6.45) is 3.75. The van der Waals surface area contributed by atoms with Crippen LogP contribution in [0, 0.1) is 6.92 Å². The molecule has 0 aliphatic heterocycles. The Labute approximate surface area is 78.0 Å². The Morgan fingerprint density at radius 3 is 2.85 bits per heavy atom. The SMILES string of the molecule is C=NN(C)/C(=C\C)c1[nH]ncc1C. The fourth-order valence-electron chi connectivity index (χ4n) is 1.17. The van der Waals surface area contributed by atoms with E-state index in [1.807, 2.05) is 27.0 Å². The Morgan fingerprint density at radius 1 is 1.77 bits per heavy atom. The average Bonchev–Trinajstić information content (AvgIpc) is 2.53. The number of aromatic amines is 1. The lowest BCUT2D eigenvalue weighted by Crippen LogP contribution is -2.09. The van der Waals surface area contributed by atoms with Crippen molar-refractivity contribution in [3.05, 3.63) is 23.5 Å². The number of allylic oxidation sites excluding steroid dienone is 1. The second-order valence-electron chi connectivity index (χ2n) is 2.77. The largest absolute Gasteiger partial charge is 0.276 e. The molecule has 70 valence electrons. The molecule has 0 amide bonds. The molecule has 0 unspecified atom stereocenters. The van der Waals surface area contributed by atoms with E-state index in [9.17, 15) is 0 Å². The van der Waals surface area contributed by atoms with Crippen molar-refractivity contribution in [3.8, 4) is 0 Å². The van der Waals surface area contributed by atoms with Crippen molar-refractivity contribution in [2.45, 2.75) is 13.8 Å². The zero-order valence-electron chi connectivity index (χ0n) is 8.20. The molecule has 0 atom stereocenters. The number of aryl methyl sites for hydroxylation is 1. The summed E-state index contributed by atoms with van der Waals surface area (Å²) < 4.78 is 0. The van der Waals surface area contributed by atoms with Gasteiger partial charge in [-0.3, -0.25) is 10.1 Å².